The summed E-state index contributed by atoms with van der Waals surface area (Å²) < 4.78 is 5.90. The lowest BCUT2D eigenvalue weighted by Crippen LogP contribution is -2.15. The smallest absolute Gasteiger partial charge is 0.305 e. The van der Waals surface area contributed by atoms with Crippen molar-refractivity contribution in [3.63, 3.8) is 0 Å². The van der Waals surface area contributed by atoms with E-state index in [1.165, 1.54) is 0 Å². The fourth-order valence-electron chi connectivity index (χ4n) is 1.37. The molecule has 1 aromatic rings. The minimum Gasteiger partial charge on any atom is -0.481 e. The highest BCUT2D eigenvalue weighted by Gasteiger charge is 2.11. The Morgan fingerprint density at radius 2 is 2.31 bits per heavy atom. The molecule has 3 N–H and O–H groups in total. The topological polar surface area (TPSA) is 72.5 Å². The molecule has 0 radical (unpaired) electrons. The fourth-order valence-corrected chi connectivity index (χ4v) is 1.88. The van der Waals surface area contributed by atoms with E-state index in [2.05, 4.69) is 15.9 Å². The Labute approximate surface area is 103 Å². The number of benzene rings is 1. The van der Waals surface area contributed by atoms with Crippen molar-refractivity contribution in [3.8, 4) is 0 Å². The number of carboxylic acids is 1. The molecule has 4 nitrogen and oxygen atoms in total. The summed E-state index contributed by atoms with van der Waals surface area (Å²) in [5, 5.41) is 8.64. The molecule has 0 bridgehead atoms. The zero-order valence-electron chi connectivity index (χ0n) is 8.94. The van der Waals surface area contributed by atoms with Crippen molar-refractivity contribution in [3.05, 3.63) is 33.8 Å². The third kappa shape index (κ3) is 3.59. The van der Waals surface area contributed by atoms with Crippen LogP contribution >= 0.6 is 15.9 Å². The van der Waals surface area contributed by atoms with Gasteiger partial charge in [0.15, 0.2) is 0 Å². The molecule has 0 aliphatic heterocycles. The predicted molar refractivity (Wildman–Crippen MR) is 64.0 cm³/mol. The molecule has 0 aromatic heterocycles. The summed E-state index contributed by atoms with van der Waals surface area (Å²) in [5.41, 5.74) is 7.56. The second kappa shape index (κ2) is 5.98. The maximum Gasteiger partial charge on any atom is 0.305 e. The number of hydrogen-bond acceptors (Lipinski definition) is 3. The van der Waals surface area contributed by atoms with Crippen LogP contribution in [0.5, 0.6) is 0 Å². The highest BCUT2D eigenvalue weighted by Crippen LogP contribution is 2.23. The van der Waals surface area contributed by atoms with Crippen molar-refractivity contribution in [1.82, 2.24) is 0 Å². The van der Waals surface area contributed by atoms with Gasteiger partial charge in [0, 0.05) is 17.6 Å². The van der Waals surface area contributed by atoms with Gasteiger partial charge in [0.05, 0.1) is 13.0 Å². The lowest BCUT2D eigenvalue weighted by molar-refractivity contribution is -0.137. The average molecular weight is 288 g/mol. The average Bonchev–Trinajstić information content (AvgIpc) is 2.20. The van der Waals surface area contributed by atoms with E-state index < -0.39 is 12.0 Å². The van der Waals surface area contributed by atoms with E-state index >= 15 is 0 Å². The summed E-state index contributed by atoms with van der Waals surface area (Å²) >= 11 is 3.40. The van der Waals surface area contributed by atoms with Gasteiger partial charge in [-0.2, -0.15) is 0 Å². The van der Waals surface area contributed by atoms with Gasteiger partial charge in [-0.25, -0.2) is 0 Å². The molecule has 0 spiro atoms. The van der Waals surface area contributed by atoms with Crippen LogP contribution in [0.3, 0.4) is 0 Å². The Hall–Kier alpha value is -0.910. The normalized spacial score (nSPS) is 12.4. The fraction of sp³-hybridized carbons (Fsp3) is 0.364. The van der Waals surface area contributed by atoms with E-state index in [0.29, 0.717) is 6.61 Å². The van der Waals surface area contributed by atoms with E-state index in [1.54, 1.807) is 7.11 Å². The standard InChI is InChI=1S/C11H14BrNO3/c1-16-6-8-3-2-7(4-9(8)12)10(13)5-11(14)15/h2-4,10H,5-6,13H2,1H3,(H,14,15). The summed E-state index contributed by atoms with van der Waals surface area (Å²) in [6, 6.07) is 5.06. The van der Waals surface area contributed by atoms with Gasteiger partial charge in [-0.1, -0.05) is 28.1 Å². The Morgan fingerprint density at radius 1 is 1.62 bits per heavy atom. The summed E-state index contributed by atoms with van der Waals surface area (Å²) in [4.78, 5) is 10.5. The van der Waals surface area contributed by atoms with Crippen LogP contribution < -0.4 is 5.73 Å². The lowest BCUT2D eigenvalue weighted by atomic mass is 10.0. The molecular weight excluding hydrogens is 274 g/mol. The number of ether oxygens (including phenoxy) is 1. The van der Waals surface area contributed by atoms with Crippen LogP contribution in [0, 0.1) is 0 Å². The highest BCUT2D eigenvalue weighted by molar-refractivity contribution is 9.10. The maximum atomic E-state index is 10.5. The molecule has 0 fully saturated rings. The van der Waals surface area contributed by atoms with Crippen LogP contribution in [-0.2, 0) is 16.1 Å². The molecule has 0 saturated carbocycles. The monoisotopic (exact) mass is 287 g/mol. The molecule has 16 heavy (non-hydrogen) atoms. The van der Waals surface area contributed by atoms with Gasteiger partial charge in [-0.3, -0.25) is 4.79 Å². The number of carboxylic acid groups (broad SMARTS) is 1. The van der Waals surface area contributed by atoms with Crippen LogP contribution in [0.1, 0.15) is 23.6 Å². The van der Waals surface area contributed by atoms with E-state index in [4.69, 9.17) is 15.6 Å². The molecule has 1 unspecified atom stereocenters. The van der Waals surface area contributed by atoms with E-state index in [-0.39, 0.29) is 6.42 Å². The van der Waals surface area contributed by atoms with Crippen molar-refractivity contribution in [2.75, 3.05) is 7.11 Å². The van der Waals surface area contributed by atoms with E-state index in [1.807, 2.05) is 18.2 Å². The zero-order valence-corrected chi connectivity index (χ0v) is 10.5. The molecule has 5 heteroatoms. The van der Waals surface area contributed by atoms with Gasteiger partial charge in [0.2, 0.25) is 0 Å². The van der Waals surface area contributed by atoms with Crippen LogP contribution in [0.4, 0.5) is 0 Å². The largest absolute Gasteiger partial charge is 0.481 e. The van der Waals surface area contributed by atoms with Crippen molar-refractivity contribution < 1.29 is 14.6 Å². The first kappa shape index (κ1) is 13.2. The van der Waals surface area contributed by atoms with Crippen molar-refractivity contribution in [1.29, 1.82) is 0 Å². The molecular formula is C11H14BrNO3. The quantitative estimate of drug-likeness (QED) is 0.870. The summed E-state index contributed by atoms with van der Waals surface area (Å²) in [7, 11) is 1.62. The summed E-state index contributed by atoms with van der Waals surface area (Å²) in [6.45, 7) is 0.509. The van der Waals surface area contributed by atoms with Crippen molar-refractivity contribution in [2.45, 2.75) is 19.1 Å². The molecule has 0 amide bonds. The molecule has 0 aliphatic carbocycles. The third-order valence-electron chi connectivity index (χ3n) is 2.20. The minimum absolute atomic E-state index is 0.0733. The number of methoxy groups -OCH3 is 1. The second-order valence-electron chi connectivity index (χ2n) is 3.49. The molecule has 1 rings (SSSR count). The van der Waals surface area contributed by atoms with Gasteiger partial charge in [0.25, 0.3) is 0 Å². The van der Waals surface area contributed by atoms with Crippen molar-refractivity contribution in [2.24, 2.45) is 5.73 Å². The van der Waals surface area contributed by atoms with Gasteiger partial charge >= 0.3 is 5.97 Å². The van der Waals surface area contributed by atoms with E-state index in [9.17, 15) is 4.79 Å². The molecule has 88 valence electrons. The SMILES string of the molecule is COCc1ccc(C(N)CC(=O)O)cc1Br. The Balaban J connectivity index is 2.83. The zero-order chi connectivity index (χ0) is 12.1. The van der Waals surface area contributed by atoms with Gasteiger partial charge in [-0.05, 0) is 17.2 Å². The van der Waals surface area contributed by atoms with Gasteiger partial charge in [-0.15, -0.1) is 0 Å². The number of hydrogen-bond donors (Lipinski definition) is 2. The first-order valence-electron chi connectivity index (χ1n) is 4.79. The molecule has 0 saturated heterocycles. The van der Waals surface area contributed by atoms with Crippen LogP contribution in [0.15, 0.2) is 22.7 Å². The minimum atomic E-state index is -0.899. The predicted octanol–water partition coefficient (Wildman–Crippen LogP) is 2.07. The summed E-state index contributed by atoms with van der Waals surface area (Å²) in [6.07, 6.45) is -0.0733. The third-order valence-corrected chi connectivity index (χ3v) is 2.94. The number of rotatable bonds is 5. The first-order chi connectivity index (χ1) is 7.54. The number of aliphatic carboxylic acids is 1. The van der Waals surface area contributed by atoms with Crippen LogP contribution in [0.2, 0.25) is 0 Å². The van der Waals surface area contributed by atoms with E-state index in [0.717, 1.165) is 15.6 Å². The Bertz CT molecular complexity index is 381. The summed E-state index contributed by atoms with van der Waals surface area (Å²) in [5.74, 6) is -0.899. The number of carbonyl (C=O) groups is 1. The van der Waals surface area contributed by atoms with Crippen LogP contribution in [0.25, 0.3) is 0 Å². The molecule has 0 aliphatic rings. The molecule has 0 heterocycles. The first-order valence-corrected chi connectivity index (χ1v) is 5.58. The Kier molecular flexibility index (Phi) is 4.92. The Morgan fingerprint density at radius 3 is 2.81 bits per heavy atom. The van der Waals surface area contributed by atoms with Crippen LogP contribution in [-0.4, -0.2) is 18.2 Å². The van der Waals surface area contributed by atoms with Gasteiger partial charge in [0.1, 0.15) is 0 Å². The molecule has 1 atom stereocenters. The highest BCUT2D eigenvalue weighted by atomic mass is 79.9. The van der Waals surface area contributed by atoms with Crippen molar-refractivity contribution >= 4 is 21.9 Å². The van der Waals surface area contributed by atoms with Gasteiger partial charge < -0.3 is 15.6 Å². The maximum absolute atomic E-state index is 10.5. The number of halogens is 1. The second-order valence-corrected chi connectivity index (χ2v) is 4.34. The molecule has 1 aromatic carbocycles. The lowest BCUT2D eigenvalue weighted by Gasteiger charge is -2.11. The number of nitrogens with two attached hydrogens (primary N) is 1.